The highest BCUT2D eigenvalue weighted by atomic mass is 35.5. The van der Waals surface area contributed by atoms with Gasteiger partial charge >= 0.3 is 5.97 Å². The zero-order valence-electron chi connectivity index (χ0n) is 12.7. The fraction of sp³-hybridized carbons (Fsp3) is 0.0588. The fourth-order valence-electron chi connectivity index (χ4n) is 3.03. The minimum atomic E-state index is -3.64. The number of nitrogens with zero attached hydrogens (tertiary/aromatic N) is 2. The number of sulfone groups is 1. The topological polar surface area (TPSA) is 89.3 Å². The molecule has 0 amide bonds. The van der Waals surface area contributed by atoms with E-state index < -0.39 is 21.6 Å². The molecule has 1 aliphatic rings. The van der Waals surface area contributed by atoms with Gasteiger partial charge in [0, 0.05) is 11.1 Å². The first kappa shape index (κ1) is 15.9. The lowest BCUT2D eigenvalue weighted by atomic mass is 10.1. The van der Waals surface area contributed by atoms with E-state index >= 15 is 0 Å². The lowest BCUT2D eigenvalue weighted by molar-refractivity contribution is 0.0689. The highest BCUT2D eigenvalue weighted by Gasteiger charge is 2.36. The molecule has 0 saturated heterocycles. The Kier molecular flexibility index (Phi) is 3.45. The van der Waals surface area contributed by atoms with Gasteiger partial charge in [0.05, 0.1) is 27.1 Å². The summed E-state index contributed by atoms with van der Waals surface area (Å²) in [5, 5.41) is 14.0. The van der Waals surface area contributed by atoms with Crippen molar-refractivity contribution in [2.24, 2.45) is 0 Å². The van der Waals surface area contributed by atoms with Crippen LogP contribution in [0.1, 0.15) is 16.1 Å². The molecule has 1 aromatic heterocycles. The van der Waals surface area contributed by atoms with Crippen molar-refractivity contribution >= 4 is 27.4 Å². The summed E-state index contributed by atoms with van der Waals surface area (Å²) < 4.78 is 26.5. The van der Waals surface area contributed by atoms with Crippen LogP contribution in [0.3, 0.4) is 0 Å². The van der Waals surface area contributed by atoms with E-state index in [1.165, 1.54) is 10.7 Å². The van der Waals surface area contributed by atoms with Crippen LogP contribution in [0, 0.1) is 0 Å². The number of para-hydroxylation sites is 1. The molecule has 0 atom stereocenters. The molecule has 126 valence electrons. The monoisotopic (exact) mass is 374 g/mol. The van der Waals surface area contributed by atoms with E-state index in [1.54, 1.807) is 42.5 Å². The Balaban J connectivity index is 2.13. The van der Waals surface area contributed by atoms with E-state index in [0.29, 0.717) is 22.0 Å². The first-order valence-corrected chi connectivity index (χ1v) is 9.35. The largest absolute Gasteiger partial charge is 0.476 e. The van der Waals surface area contributed by atoms with E-state index in [0.717, 1.165) is 0 Å². The summed E-state index contributed by atoms with van der Waals surface area (Å²) >= 11 is 6.25. The second-order valence-corrected chi connectivity index (χ2v) is 7.96. The summed E-state index contributed by atoms with van der Waals surface area (Å²) in [5.41, 5.74) is 1.24. The van der Waals surface area contributed by atoms with Crippen LogP contribution in [-0.2, 0) is 15.6 Å². The molecular weight excluding hydrogens is 364 g/mol. The van der Waals surface area contributed by atoms with Gasteiger partial charge in [-0.2, -0.15) is 5.10 Å². The van der Waals surface area contributed by atoms with Crippen molar-refractivity contribution in [1.29, 1.82) is 0 Å². The molecule has 0 bridgehead atoms. The van der Waals surface area contributed by atoms with Gasteiger partial charge in [-0.05, 0) is 18.2 Å². The van der Waals surface area contributed by atoms with Gasteiger partial charge < -0.3 is 5.11 Å². The number of carbonyl (C=O) groups is 1. The van der Waals surface area contributed by atoms with Gasteiger partial charge in [0.2, 0.25) is 0 Å². The molecule has 0 aliphatic carbocycles. The second kappa shape index (κ2) is 5.44. The Morgan fingerprint density at radius 1 is 1.12 bits per heavy atom. The maximum absolute atomic E-state index is 12.6. The summed E-state index contributed by atoms with van der Waals surface area (Å²) in [6, 6.07) is 13.4. The molecule has 6 nitrogen and oxygen atoms in total. The van der Waals surface area contributed by atoms with Crippen molar-refractivity contribution in [2.75, 3.05) is 0 Å². The third-order valence-electron chi connectivity index (χ3n) is 4.08. The summed E-state index contributed by atoms with van der Waals surface area (Å²) in [6.07, 6.45) is 0. The van der Waals surface area contributed by atoms with Gasteiger partial charge in [-0.15, -0.1) is 0 Å². The van der Waals surface area contributed by atoms with E-state index in [1.807, 2.05) is 0 Å². The number of halogens is 1. The van der Waals surface area contributed by atoms with Crippen molar-refractivity contribution in [1.82, 2.24) is 9.78 Å². The van der Waals surface area contributed by atoms with Gasteiger partial charge in [-0.25, -0.2) is 17.9 Å². The van der Waals surface area contributed by atoms with Crippen LogP contribution in [-0.4, -0.2) is 29.3 Å². The van der Waals surface area contributed by atoms with E-state index in [4.69, 9.17) is 11.6 Å². The number of aromatic nitrogens is 2. The van der Waals surface area contributed by atoms with Gasteiger partial charge in [-0.1, -0.05) is 41.9 Å². The highest BCUT2D eigenvalue weighted by Crippen LogP contribution is 2.41. The molecule has 8 heteroatoms. The van der Waals surface area contributed by atoms with Gasteiger partial charge in [0.25, 0.3) is 0 Å². The molecule has 0 spiro atoms. The zero-order chi connectivity index (χ0) is 17.8. The SMILES string of the molecule is O=C(O)c1nn(-c2ccccc2Cl)c2c1CS(=O)(=O)c1ccccc1-2. The molecule has 0 unspecified atom stereocenters. The molecule has 1 N–H and O–H groups in total. The Morgan fingerprint density at radius 3 is 2.52 bits per heavy atom. The number of rotatable bonds is 2. The molecule has 0 fully saturated rings. The van der Waals surface area contributed by atoms with E-state index in [2.05, 4.69) is 5.10 Å². The average molecular weight is 375 g/mol. The summed E-state index contributed by atoms with van der Waals surface area (Å²) in [5.74, 6) is -1.69. The van der Waals surface area contributed by atoms with Gasteiger partial charge in [0.15, 0.2) is 15.5 Å². The maximum atomic E-state index is 12.6. The summed E-state index contributed by atoms with van der Waals surface area (Å²) in [4.78, 5) is 11.8. The first-order chi connectivity index (χ1) is 11.9. The quantitative estimate of drug-likeness (QED) is 0.744. The van der Waals surface area contributed by atoms with Crippen molar-refractivity contribution in [2.45, 2.75) is 10.6 Å². The van der Waals surface area contributed by atoms with Crippen molar-refractivity contribution in [3.63, 3.8) is 0 Å². The third kappa shape index (κ3) is 2.35. The van der Waals surface area contributed by atoms with Crippen LogP contribution in [0.2, 0.25) is 5.02 Å². The first-order valence-electron chi connectivity index (χ1n) is 7.32. The van der Waals surface area contributed by atoms with Crippen LogP contribution in [0.4, 0.5) is 0 Å². The number of carboxylic acids is 1. The molecular formula is C17H11ClN2O4S. The standard InChI is InChI=1S/C17H11ClN2O4S/c18-12-6-2-3-7-13(12)20-16-10-5-1-4-8-14(10)25(23,24)9-11(16)15(19-20)17(21)22/h1-8H,9H2,(H,21,22). The number of hydrogen-bond donors (Lipinski definition) is 1. The van der Waals surface area contributed by atoms with E-state index in [-0.39, 0.29) is 16.2 Å². The number of carboxylic acid groups (broad SMARTS) is 1. The third-order valence-corrected chi connectivity index (χ3v) is 6.09. The van der Waals surface area contributed by atoms with Crippen LogP contribution < -0.4 is 0 Å². The predicted molar refractivity (Wildman–Crippen MR) is 91.9 cm³/mol. The number of fused-ring (bicyclic) bond motifs is 3. The normalized spacial score (nSPS) is 14.6. The molecule has 0 radical (unpaired) electrons. The Bertz CT molecular complexity index is 1140. The Hall–Kier alpha value is -2.64. The van der Waals surface area contributed by atoms with Crippen molar-refractivity contribution < 1.29 is 18.3 Å². The van der Waals surface area contributed by atoms with Crippen molar-refractivity contribution in [3.05, 3.63) is 64.8 Å². The Labute approximate surface area is 148 Å². The average Bonchev–Trinajstić information content (AvgIpc) is 2.94. The van der Waals surface area contributed by atoms with Crippen LogP contribution >= 0.6 is 11.6 Å². The van der Waals surface area contributed by atoms with Crippen LogP contribution in [0.5, 0.6) is 0 Å². The maximum Gasteiger partial charge on any atom is 0.356 e. The van der Waals surface area contributed by atoms with Crippen LogP contribution in [0.25, 0.3) is 16.9 Å². The molecule has 0 saturated carbocycles. The fourth-order valence-corrected chi connectivity index (χ4v) is 4.85. The van der Waals surface area contributed by atoms with Crippen LogP contribution in [0.15, 0.2) is 53.4 Å². The lowest BCUT2D eigenvalue weighted by Gasteiger charge is -2.19. The molecule has 4 rings (SSSR count). The minimum absolute atomic E-state index is 0.160. The summed E-state index contributed by atoms with van der Waals surface area (Å²) in [7, 11) is -3.64. The molecule has 1 aliphatic heterocycles. The molecule has 3 aromatic rings. The zero-order valence-corrected chi connectivity index (χ0v) is 14.3. The predicted octanol–water partition coefficient (Wildman–Crippen LogP) is 3.18. The Morgan fingerprint density at radius 2 is 1.80 bits per heavy atom. The second-order valence-electron chi connectivity index (χ2n) is 5.60. The number of benzene rings is 2. The summed E-state index contributed by atoms with van der Waals surface area (Å²) in [6.45, 7) is 0. The van der Waals surface area contributed by atoms with E-state index in [9.17, 15) is 18.3 Å². The highest BCUT2D eigenvalue weighted by molar-refractivity contribution is 7.90. The van der Waals surface area contributed by atoms with Gasteiger partial charge in [-0.3, -0.25) is 0 Å². The smallest absolute Gasteiger partial charge is 0.356 e. The van der Waals surface area contributed by atoms with Crippen molar-refractivity contribution in [3.8, 4) is 16.9 Å². The minimum Gasteiger partial charge on any atom is -0.476 e. The molecule has 2 aromatic carbocycles. The lowest BCUT2D eigenvalue weighted by Crippen LogP contribution is -2.15. The number of hydrogen-bond acceptors (Lipinski definition) is 4. The van der Waals surface area contributed by atoms with Gasteiger partial charge in [0.1, 0.15) is 0 Å². The molecule has 25 heavy (non-hydrogen) atoms. The molecule has 2 heterocycles. The number of aromatic carboxylic acids is 1.